The van der Waals surface area contributed by atoms with Gasteiger partial charge in [-0.2, -0.15) is 0 Å². The lowest BCUT2D eigenvalue weighted by molar-refractivity contribution is 0.0675. The summed E-state index contributed by atoms with van der Waals surface area (Å²) in [5, 5.41) is 1.82. The molecule has 0 atom stereocenters. The average Bonchev–Trinajstić information content (AvgIpc) is 3.32. The molecular weight excluding hydrogens is 266 g/mol. The Labute approximate surface area is 123 Å². The normalized spacial score (nSPS) is 14.3. The summed E-state index contributed by atoms with van der Waals surface area (Å²) in [6, 6.07) is 9.84. The number of benzene rings is 1. The maximum Gasteiger partial charge on any atom is 0.272 e. The Balaban J connectivity index is 1.92. The van der Waals surface area contributed by atoms with Gasteiger partial charge in [0.15, 0.2) is 0 Å². The van der Waals surface area contributed by atoms with Crippen LogP contribution in [-0.2, 0) is 4.74 Å². The van der Waals surface area contributed by atoms with Crippen LogP contribution in [0.4, 0.5) is 5.82 Å². The summed E-state index contributed by atoms with van der Waals surface area (Å²) >= 11 is 0. The molecule has 0 bridgehead atoms. The zero-order valence-electron chi connectivity index (χ0n) is 12.1. The molecule has 0 saturated heterocycles. The van der Waals surface area contributed by atoms with Crippen LogP contribution in [-0.4, -0.2) is 42.1 Å². The minimum atomic E-state index is -0.0630. The molecule has 0 spiro atoms. The lowest BCUT2D eigenvalue weighted by Gasteiger charge is -2.22. The molecule has 3 rings (SSSR count). The molecule has 5 nitrogen and oxygen atoms in total. The number of hydrogen-bond acceptors (Lipinski definition) is 4. The predicted molar refractivity (Wildman–Crippen MR) is 82.1 cm³/mol. The van der Waals surface area contributed by atoms with Gasteiger partial charge in [-0.3, -0.25) is 4.79 Å². The highest BCUT2D eigenvalue weighted by Crippen LogP contribution is 2.29. The number of carbonyl (C=O) groups excluding carboxylic acids is 1. The maximum absolute atomic E-state index is 12.7. The number of anilines is 1. The van der Waals surface area contributed by atoms with Crippen LogP contribution in [0.3, 0.4) is 0 Å². The number of nitrogens with two attached hydrogens (primary N) is 1. The summed E-state index contributed by atoms with van der Waals surface area (Å²) in [6.07, 6.45) is 2.11. The van der Waals surface area contributed by atoms with E-state index in [1.807, 2.05) is 35.2 Å². The third kappa shape index (κ3) is 2.83. The van der Waals surface area contributed by atoms with Crippen molar-refractivity contribution in [2.75, 3.05) is 26.0 Å². The minimum absolute atomic E-state index is 0.0630. The molecule has 0 radical (unpaired) electrons. The largest absolute Gasteiger partial charge is 0.383 e. The van der Waals surface area contributed by atoms with Crippen molar-refractivity contribution < 1.29 is 9.53 Å². The number of amides is 1. The number of rotatable bonds is 5. The van der Waals surface area contributed by atoms with Crippen LogP contribution in [0.5, 0.6) is 0 Å². The van der Waals surface area contributed by atoms with Crippen molar-refractivity contribution in [3.8, 4) is 0 Å². The molecule has 2 aromatic rings. The van der Waals surface area contributed by atoms with Crippen LogP contribution in [0, 0.1) is 0 Å². The Bertz CT molecular complexity index is 668. The van der Waals surface area contributed by atoms with Gasteiger partial charge in [-0.15, -0.1) is 0 Å². The second-order valence-corrected chi connectivity index (χ2v) is 5.34. The highest BCUT2D eigenvalue weighted by molar-refractivity contribution is 6.00. The molecule has 0 unspecified atom stereocenters. The van der Waals surface area contributed by atoms with Gasteiger partial charge in [0.1, 0.15) is 11.5 Å². The molecule has 0 aliphatic heterocycles. The van der Waals surface area contributed by atoms with E-state index in [1.54, 1.807) is 7.11 Å². The van der Waals surface area contributed by atoms with Crippen LogP contribution in [0.15, 0.2) is 30.3 Å². The van der Waals surface area contributed by atoms with Crippen molar-refractivity contribution in [3.05, 3.63) is 36.0 Å². The Hall–Kier alpha value is -2.14. The molecule has 1 heterocycles. The summed E-state index contributed by atoms with van der Waals surface area (Å²) in [4.78, 5) is 18.8. The molecule has 1 fully saturated rings. The summed E-state index contributed by atoms with van der Waals surface area (Å²) in [7, 11) is 1.64. The van der Waals surface area contributed by atoms with Crippen molar-refractivity contribution >= 4 is 22.5 Å². The molecule has 110 valence electrons. The van der Waals surface area contributed by atoms with Crippen LogP contribution < -0.4 is 5.73 Å². The lowest BCUT2D eigenvalue weighted by Crippen LogP contribution is -2.36. The summed E-state index contributed by atoms with van der Waals surface area (Å²) in [5.74, 6) is 0.339. The monoisotopic (exact) mass is 285 g/mol. The first-order valence-corrected chi connectivity index (χ1v) is 7.16. The molecule has 1 aromatic heterocycles. The fraction of sp³-hybridized carbons (Fsp3) is 0.375. The first-order valence-electron chi connectivity index (χ1n) is 7.16. The third-order valence-corrected chi connectivity index (χ3v) is 3.77. The predicted octanol–water partition coefficient (Wildman–Crippen LogP) is 2.07. The van der Waals surface area contributed by atoms with Gasteiger partial charge in [0.25, 0.3) is 5.91 Å². The molecule has 1 amide bonds. The van der Waals surface area contributed by atoms with Crippen LogP contribution in [0.25, 0.3) is 10.8 Å². The van der Waals surface area contributed by atoms with Gasteiger partial charge in [-0.05, 0) is 24.3 Å². The highest BCUT2D eigenvalue weighted by atomic mass is 16.5. The minimum Gasteiger partial charge on any atom is -0.383 e. The van der Waals surface area contributed by atoms with E-state index >= 15 is 0 Å². The Morgan fingerprint density at radius 1 is 1.43 bits per heavy atom. The molecule has 1 saturated carbocycles. The smallest absolute Gasteiger partial charge is 0.272 e. The second-order valence-electron chi connectivity index (χ2n) is 5.34. The molecule has 21 heavy (non-hydrogen) atoms. The number of carbonyl (C=O) groups is 1. The molecule has 1 aliphatic rings. The van der Waals surface area contributed by atoms with Crippen molar-refractivity contribution in [3.63, 3.8) is 0 Å². The zero-order chi connectivity index (χ0) is 14.8. The van der Waals surface area contributed by atoms with E-state index in [9.17, 15) is 4.79 Å². The van der Waals surface area contributed by atoms with E-state index in [4.69, 9.17) is 10.5 Å². The van der Waals surface area contributed by atoms with Crippen molar-refractivity contribution in [2.45, 2.75) is 18.9 Å². The number of fused-ring (bicyclic) bond motifs is 1. The van der Waals surface area contributed by atoms with Crippen molar-refractivity contribution in [1.82, 2.24) is 9.88 Å². The van der Waals surface area contributed by atoms with Gasteiger partial charge in [0.2, 0.25) is 0 Å². The Morgan fingerprint density at radius 3 is 2.90 bits per heavy atom. The highest BCUT2D eigenvalue weighted by Gasteiger charge is 2.33. The van der Waals surface area contributed by atoms with E-state index in [0.29, 0.717) is 30.7 Å². The van der Waals surface area contributed by atoms with Crippen molar-refractivity contribution in [1.29, 1.82) is 0 Å². The van der Waals surface area contributed by atoms with E-state index in [-0.39, 0.29) is 5.91 Å². The molecular formula is C16H19N3O2. The molecule has 2 N–H and O–H groups in total. The van der Waals surface area contributed by atoms with Crippen LogP contribution in [0.2, 0.25) is 0 Å². The van der Waals surface area contributed by atoms with Crippen molar-refractivity contribution in [2.24, 2.45) is 0 Å². The van der Waals surface area contributed by atoms with Gasteiger partial charge in [0.05, 0.1) is 6.61 Å². The summed E-state index contributed by atoms with van der Waals surface area (Å²) in [5.41, 5.74) is 6.39. The number of hydrogen-bond donors (Lipinski definition) is 1. The molecule has 1 aromatic carbocycles. The first-order chi connectivity index (χ1) is 10.2. The number of aromatic nitrogens is 1. The Morgan fingerprint density at radius 2 is 2.19 bits per heavy atom. The fourth-order valence-corrected chi connectivity index (χ4v) is 2.51. The Kier molecular flexibility index (Phi) is 3.75. The number of pyridine rings is 1. The van der Waals surface area contributed by atoms with Gasteiger partial charge < -0.3 is 15.4 Å². The molecule has 5 heteroatoms. The van der Waals surface area contributed by atoms with E-state index in [0.717, 1.165) is 23.6 Å². The number of ether oxygens (including phenoxy) is 1. The van der Waals surface area contributed by atoms with Crippen LogP contribution in [0.1, 0.15) is 23.3 Å². The maximum atomic E-state index is 12.7. The summed E-state index contributed by atoms with van der Waals surface area (Å²) < 4.78 is 5.09. The van der Waals surface area contributed by atoms with Gasteiger partial charge >= 0.3 is 0 Å². The number of nitrogen functional groups attached to an aromatic ring is 1. The quantitative estimate of drug-likeness (QED) is 0.913. The SMILES string of the molecule is COCCN(C(=O)c1cc2ccccc2c(N)n1)C1CC1. The first kappa shape index (κ1) is 13.8. The average molecular weight is 285 g/mol. The fourth-order valence-electron chi connectivity index (χ4n) is 2.51. The summed E-state index contributed by atoms with van der Waals surface area (Å²) in [6.45, 7) is 1.12. The number of methoxy groups -OCH3 is 1. The van der Waals surface area contributed by atoms with E-state index < -0.39 is 0 Å². The standard InChI is InChI=1S/C16H19N3O2/c1-21-9-8-19(12-6-7-12)16(20)14-10-11-4-2-3-5-13(11)15(17)18-14/h2-5,10,12H,6-9H2,1H3,(H2,17,18). The lowest BCUT2D eigenvalue weighted by atomic mass is 10.1. The number of nitrogens with zero attached hydrogens (tertiary/aromatic N) is 2. The topological polar surface area (TPSA) is 68.5 Å². The van der Waals surface area contributed by atoms with Gasteiger partial charge in [0, 0.05) is 25.1 Å². The van der Waals surface area contributed by atoms with Gasteiger partial charge in [-0.25, -0.2) is 4.98 Å². The zero-order valence-corrected chi connectivity index (χ0v) is 12.1. The second kappa shape index (κ2) is 5.69. The van der Waals surface area contributed by atoms with Crippen LogP contribution >= 0.6 is 0 Å². The van der Waals surface area contributed by atoms with E-state index in [1.165, 1.54) is 0 Å². The van der Waals surface area contributed by atoms with E-state index in [2.05, 4.69) is 4.98 Å². The van der Waals surface area contributed by atoms with Gasteiger partial charge in [-0.1, -0.05) is 24.3 Å². The third-order valence-electron chi connectivity index (χ3n) is 3.77. The molecule has 1 aliphatic carbocycles.